The molecule has 0 unspecified atom stereocenters. The quantitative estimate of drug-likeness (QED) is 0.905. The van der Waals surface area contributed by atoms with Crippen LogP contribution in [-0.2, 0) is 4.79 Å². The zero-order valence-electron chi connectivity index (χ0n) is 14.9. The van der Waals surface area contributed by atoms with Gasteiger partial charge in [0.05, 0.1) is 0 Å². The summed E-state index contributed by atoms with van der Waals surface area (Å²) in [7, 11) is 0. The van der Waals surface area contributed by atoms with Gasteiger partial charge >= 0.3 is 0 Å². The third-order valence-corrected chi connectivity index (χ3v) is 4.37. The predicted molar refractivity (Wildman–Crippen MR) is 99.8 cm³/mol. The summed E-state index contributed by atoms with van der Waals surface area (Å²) < 4.78 is 0. The summed E-state index contributed by atoms with van der Waals surface area (Å²) >= 11 is 0. The first-order valence-electron chi connectivity index (χ1n) is 8.72. The normalized spacial score (nSPS) is 15.2. The summed E-state index contributed by atoms with van der Waals surface area (Å²) in [6, 6.07) is 7.94. The molecule has 1 aliphatic heterocycles. The molecule has 0 aliphatic carbocycles. The number of hydrogen-bond acceptors (Lipinski definition) is 5. The Hall–Kier alpha value is -2.47. The first kappa shape index (κ1) is 17.4. The van der Waals surface area contributed by atoms with Crippen LogP contribution in [-0.4, -0.2) is 53.5 Å². The number of piperazine rings is 1. The number of aryl methyl sites for hydroxylation is 2. The largest absolute Gasteiger partial charge is 0.338 e. The van der Waals surface area contributed by atoms with Gasteiger partial charge in [-0.15, -0.1) is 0 Å². The van der Waals surface area contributed by atoms with E-state index in [1.807, 2.05) is 32.0 Å². The molecular weight excluding hydrogens is 314 g/mol. The van der Waals surface area contributed by atoms with Crippen molar-refractivity contribution < 1.29 is 4.79 Å². The third kappa shape index (κ3) is 5.00. The SMILES string of the molecule is Cc1cc(C)cc(NC(=O)CCN2CCN(c3ncccn3)CC2)c1. The number of hydrogen-bond donors (Lipinski definition) is 1. The minimum atomic E-state index is 0.0684. The molecule has 1 fully saturated rings. The molecule has 1 aromatic carbocycles. The molecular formula is C19H25N5O. The second-order valence-corrected chi connectivity index (χ2v) is 6.55. The van der Waals surface area contributed by atoms with E-state index in [1.165, 1.54) is 0 Å². The van der Waals surface area contributed by atoms with E-state index < -0.39 is 0 Å². The van der Waals surface area contributed by atoms with E-state index in [2.05, 4.69) is 31.2 Å². The first-order valence-corrected chi connectivity index (χ1v) is 8.72. The molecule has 2 heterocycles. The molecule has 2 aromatic rings. The number of nitrogens with one attached hydrogen (secondary N) is 1. The number of anilines is 2. The molecule has 1 aliphatic rings. The summed E-state index contributed by atoms with van der Waals surface area (Å²) in [6.07, 6.45) is 4.05. The fourth-order valence-corrected chi connectivity index (χ4v) is 3.16. The summed E-state index contributed by atoms with van der Waals surface area (Å²) in [5, 5.41) is 3.00. The van der Waals surface area contributed by atoms with E-state index >= 15 is 0 Å². The Morgan fingerprint density at radius 1 is 1.04 bits per heavy atom. The zero-order valence-corrected chi connectivity index (χ0v) is 14.9. The van der Waals surface area contributed by atoms with E-state index in [9.17, 15) is 4.79 Å². The van der Waals surface area contributed by atoms with E-state index in [1.54, 1.807) is 12.4 Å². The van der Waals surface area contributed by atoms with Crippen molar-refractivity contribution in [3.8, 4) is 0 Å². The van der Waals surface area contributed by atoms with Crippen LogP contribution in [0.3, 0.4) is 0 Å². The second-order valence-electron chi connectivity index (χ2n) is 6.55. The van der Waals surface area contributed by atoms with Crippen molar-refractivity contribution in [2.75, 3.05) is 42.9 Å². The lowest BCUT2D eigenvalue weighted by Crippen LogP contribution is -2.47. The molecule has 1 saturated heterocycles. The Morgan fingerprint density at radius 3 is 2.32 bits per heavy atom. The van der Waals surface area contributed by atoms with E-state index in [4.69, 9.17) is 0 Å². The number of carbonyl (C=O) groups is 1. The Kier molecular flexibility index (Phi) is 5.60. The maximum atomic E-state index is 12.2. The highest BCUT2D eigenvalue weighted by atomic mass is 16.1. The van der Waals surface area contributed by atoms with Gasteiger partial charge in [-0.1, -0.05) is 6.07 Å². The Balaban J connectivity index is 1.43. The Morgan fingerprint density at radius 2 is 1.68 bits per heavy atom. The van der Waals surface area contributed by atoms with E-state index in [0.717, 1.165) is 55.5 Å². The highest BCUT2D eigenvalue weighted by Gasteiger charge is 2.19. The van der Waals surface area contributed by atoms with Gasteiger partial charge < -0.3 is 10.2 Å². The van der Waals surface area contributed by atoms with Gasteiger partial charge in [-0.05, 0) is 43.2 Å². The van der Waals surface area contributed by atoms with Gasteiger partial charge in [0, 0.05) is 57.2 Å². The van der Waals surface area contributed by atoms with Crippen LogP contribution in [0.25, 0.3) is 0 Å². The molecule has 1 aromatic heterocycles. The van der Waals surface area contributed by atoms with E-state index in [0.29, 0.717) is 6.42 Å². The number of carbonyl (C=O) groups excluding carboxylic acids is 1. The van der Waals surface area contributed by atoms with Crippen molar-refractivity contribution in [2.24, 2.45) is 0 Å². The smallest absolute Gasteiger partial charge is 0.225 e. The Bertz CT molecular complexity index is 691. The van der Waals surface area contributed by atoms with Crippen molar-refractivity contribution in [1.29, 1.82) is 0 Å². The van der Waals surface area contributed by atoms with Crippen LogP contribution < -0.4 is 10.2 Å². The number of nitrogens with zero attached hydrogens (tertiary/aromatic N) is 4. The molecule has 0 radical (unpaired) electrons. The van der Waals surface area contributed by atoms with Crippen molar-refractivity contribution in [2.45, 2.75) is 20.3 Å². The fourth-order valence-electron chi connectivity index (χ4n) is 3.16. The zero-order chi connectivity index (χ0) is 17.6. The van der Waals surface area contributed by atoms with Crippen LogP contribution in [0.5, 0.6) is 0 Å². The molecule has 0 atom stereocenters. The molecule has 0 bridgehead atoms. The highest BCUT2D eigenvalue weighted by Crippen LogP contribution is 2.14. The molecule has 3 rings (SSSR count). The lowest BCUT2D eigenvalue weighted by atomic mass is 10.1. The highest BCUT2D eigenvalue weighted by molar-refractivity contribution is 5.91. The number of rotatable bonds is 5. The molecule has 0 saturated carbocycles. The summed E-state index contributed by atoms with van der Waals surface area (Å²) in [4.78, 5) is 25.3. The minimum Gasteiger partial charge on any atom is -0.338 e. The standard InChI is InChI=1S/C19H25N5O/c1-15-12-16(2)14-17(13-15)22-18(25)4-7-23-8-10-24(11-9-23)19-20-5-3-6-21-19/h3,5-6,12-14H,4,7-11H2,1-2H3,(H,22,25). The average Bonchev–Trinajstić information content (AvgIpc) is 2.60. The topological polar surface area (TPSA) is 61.4 Å². The van der Waals surface area contributed by atoms with Crippen molar-refractivity contribution in [1.82, 2.24) is 14.9 Å². The molecule has 25 heavy (non-hydrogen) atoms. The van der Waals surface area contributed by atoms with Crippen LogP contribution in [0.1, 0.15) is 17.5 Å². The summed E-state index contributed by atoms with van der Waals surface area (Å²) in [5.41, 5.74) is 3.21. The van der Waals surface area contributed by atoms with Gasteiger partial charge in [-0.3, -0.25) is 9.69 Å². The van der Waals surface area contributed by atoms with E-state index in [-0.39, 0.29) is 5.91 Å². The van der Waals surface area contributed by atoms with Crippen LogP contribution >= 0.6 is 0 Å². The Labute approximate surface area is 148 Å². The molecule has 132 valence electrons. The summed E-state index contributed by atoms with van der Waals surface area (Å²) in [6.45, 7) is 8.49. The predicted octanol–water partition coefficient (Wildman–Crippen LogP) is 2.24. The van der Waals surface area contributed by atoms with Gasteiger partial charge in [0.15, 0.2) is 0 Å². The van der Waals surface area contributed by atoms with Crippen molar-refractivity contribution in [3.05, 3.63) is 47.8 Å². The van der Waals surface area contributed by atoms with Gasteiger partial charge in [0.2, 0.25) is 11.9 Å². The first-order chi connectivity index (χ1) is 12.1. The summed E-state index contributed by atoms with van der Waals surface area (Å²) in [5.74, 6) is 0.855. The number of amides is 1. The van der Waals surface area contributed by atoms with Crippen molar-refractivity contribution >= 4 is 17.5 Å². The van der Waals surface area contributed by atoms with Crippen LogP contribution in [0.2, 0.25) is 0 Å². The monoisotopic (exact) mass is 339 g/mol. The van der Waals surface area contributed by atoms with Crippen LogP contribution in [0.15, 0.2) is 36.7 Å². The molecule has 6 nitrogen and oxygen atoms in total. The number of benzene rings is 1. The van der Waals surface area contributed by atoms with Gasteiger partial charge in [-0.2, -0.15) is 0 Å². The molecule has 1 amide bonds. The van der Waals surface area contributed by atoms with Crippen LogP contribution in [0, 0.1) is 13.8 Å². The maximum Gasteiger partial charge on any atom is 0.225 e. The lowest BCUT2D eigenvalue weighted by molar-refractivity contribution is -0.116. The number of aromatic nitrogens is 2. The van der Waals surface area contributed by atoms with Crippen molar-refractivity contribution in [3.63, 3.8) is 0 Å². The fraction of sp³-hybridized carbons (Fsp3) is 0.421. The lowest BCUT2D eigenvalue weighted by Gasteiger charge is -2.34. The molecule has 6 heteroatoms. The second kappa shape index (κ2) is 8.07. The average molecular weight is 339 g/mol. The van der Waals surface area contributed by atoms with Crippen LogP contribution in [0.4, 0.5) is 11.6 Å². The van der Waals surface area contributed by atoms with Gasteiger partial charge in [-0.25, -0.2) is 9.97 Å². The minimum absolute atomic E-state index is 0.0684. The van der Waals surface area contributed by atoms with Gasteiger partial charge in [0.25, 0.3) is 0 Å². The maximum absolute atomic E-state index is 12.2. The molecule has 0 spiro atoms. The third-order valence-electron chi connectivity index (χ3n) is 4.37. The molecule has 1 N–H and O–H groups in total. The van der Waals surface area contributed by atoms with Gasteiger partial charge in [0.1, 0.15) is 0 Å².